The average Bonchev–Trinajstić information content (AvgIpc) is 3.37. The number of benzene rings is 3. The number of nitrogens with zero attached hydrogens (tertiary/aromatic N) is 4. The molecular weight excluding hydrogens is 574 g/mol. The Kier molecular flexibility index (Phi) is 7.35. The van der Waals surface area contributed by atoms with E-state index in [4.69, 9.17) is 16.6 Å². The summed E-state index contributed by atoms with van der Waals surface area (Å²) < 4.78 is 2.61. The third kappa shape index (κ3) is 5.29. The highest BCUT2D eigenvalue weighted by molar-refractivity contribution is 9.10. The SMILES string of the molecule is O=C(c1ccccc1-c1ccccc1)N1CCCC(CNc2cc(-c3ccccc3Cl)nc3c(Br)cnn23)C1. The summed E-state index contributed by atoms with van der Waals surface area (Å²) in [5, 5.41) is 8.75. The van der Waals surface area contributed by atoms with Crippen LogP contribution in [0.25, 0.3) is 28.0 Å². The van der Waals surface area contributed by atoms with Gasteiger partial charge in [0.1, 0.15) is 5.82 Å². The van der Waals surface area contributed by atoms with E-state index in [1.807, 2.05) is 77.7 Å². The predicted octanol–water partition coefficient (Wildman–Crippen LogP) is 7.44. The number of fused-ring (bicyclic) bond motifs is 1. The summed E-state index contributed by atoms with van der Waals surface area (Å²) >= 11 is 10.1. The number of hydrogen-bond acceptors (Lipinski definition) is 4. The number of anilines is 1. The molecule has 1 saturated heterocycles. The molecule has 0 spiro atoms. The summed E-state index contributed by atoms with van der Waals surface area (Å²) in [4.78, 5) is 20.5. The van der Waals surface area contributed by atoms with Gasteiger partial charge in [0.15, 0.2) is 5.65 Å². The van der Waals surface area contributed by atoms with Crippen LogP contribution in [0.2, 0.25) is 5.02 Å². The fourth-order valence-corrected chi connectivity index (χ4v) is 5.82. The van der Waals surface area contributed by atoms with E-state index < -0.39 is 0 Å². The molecule has 1 amide bonds. The van der Waals surface area contributed by atoms with Crippen molar-refractivity contribution in [1.29, 1.82) is 0 Å². The molecule has 0 radical (unpaired) electrons. The van der Waals surface area contributed by atoms with Gasteiger partial charge in [0.05, 0.1) is 16.4 Å². The van der Waals surface area contributed by atoms with Crippen molar-refractivity contribution < 1.29 is 4.79 Å². The zero-order valence-corrected chi connectivity index (χ0v) is 23.6. The Hall–Kier alpha value is -3.68. The number of carbonyl (C=O) groups excluding carboxylic acids is 1. The number of rotatable bonds is 6. The van der Waals surface area contributed by atoms with Crippen molar-refractivity contribution in [2.24, 2.45) is 5.92 Å². The van der Waals surface area contributed by atoms with Crippen molar-refractivity contribution in [2.45, 2.75) is 12.8 Å². The fraction of sp³-hybridized carbons (Fsp3) is 0.194. The molecule has 196 valence electrons. The number of amides is 1. The third-order valence-electron chi connectivity index (χ3n) is 7.20. The first-order valence-electron chi connectivity index (χ1n) is 13.1. The molecule has 1 unspecified atom stereocenters. The Labute approximate surface area is 240 Å². The maximum Gasteiger partial charge on any atom is 0.254 e. The Morgan fingerprint density at radius 1 is 1.00 bits per heavy atom. The minimum atomic E-state index is 0.0856. The van der Waals surface area contributed by atoms with Crippen LogP contribution < -0.4 is 5.32 Å². The Morgan fingerprint density at radius 2 is 1.74 bits per heavy atom. The van der Waals surface area contributed by atoms with Crippen LogP contribution in [0.4, 0.5) is 5.82 Å². The van der Waals surface area contributed by atoms with Gasteiger partial charge >= 0.3 is 0 Å². The van der Waals surface area contributed by atoms with E-state index in [1.165, 1.54) is 0 Å². The molecule has 0 saturated carbocycles. The lowest BCUT2D eigenvalue weighted by molar-refractivity contribution is 0.0681. The van der Waals surface area contributed by atoms with E-state index in [1.54, 1.807) is 10.7 Å². The first-order valence-corrected chi connectivity index (χ1v) is 14.2. The second-order valence-electron chi connectivity index (χ2n) is 9.79. The Balaban J connectivity index is 1.22. The molecule has 5 aromatic rings. The molecule has 1 fully saturated rings. The van der Waals surface area contributed by atoms with Crippen LogP contribution >= 0.6 is 27.5 Å². The lowest BCUT2D eigenvalue weighted by atomic mass is 9.95. The second kappa shape index (κ2) is 11.2. The number of nitrogens with one attached hydrogen (secondary N) is 1. The fourth-order valence-electron chi connectivity index (χ4n) is 5.24. The van der Waals surface area contributed by atoms with E-state index in [9.17, 15) is 4.79 Å². The van der Waals surface area contributed by atoms with E-state index in [-0.39, 0.29) is 5.91 Å². The van der Waals surface area contributed by atoms with Crippen molar-refractivity contribution >= 4 is 44.9 Å². The zero-order chi connectivity index (χ0) is 26.8. The van der Waals surface area contributed by atoms with E-state index in [0.29, 0.717) is 29.7 Å². The third-order valence-corrected chi connectivity index (χ3v) is 8.09. The molecule has 6 rings (SSSR count). The van der Waals surface area contributed by atoms with Crippen molar-refractivity contribution in [2.75, 3.05) is 25.0 Å². The van der Waals surface area contributed by atoms with Crippen LogP contribution in [0, 0.1) is 5.92 Å². The highest BCUT2D eigenvalue weighted by atomic mass is 79.9. The number of carbonyl (C=O) groups is 1. The van der Waals surface area contributed by atoms with E-state index >= 15 is 0 Å². The summed E-state index contributed by atoms with van der Waals surface area (Å²) in [7, 11) is 0. The summed E-state index contributed by atoms with van der Waals surface area (Å²) in [6.45, 7) is 2.17. The largest absolute Gasteiger partial charge is 0.370 e. The minimum Gasteiger partial charge on any atom is -0.370 e. The van der Waals surface area contributed by atoms with Crippen LogP contribution in [0.5, 0.6) is 0 Å². The highest BCUT2D eigenvalue weighted by Crippen LogP contribution is 2.31. The van der Waals surface area contributed by atoms with Crippen molar-refractivity contribution in [1.82, 2.24) is 19.5 Å². The van der Waals surface area contributed by atoms with Crippen molar-refractivity contribution in [3.05, 3.63) is 106 Å². The topological polar surface area (TPSA) is 62.5 Å². The highest BCUT2D eigenvalue weighted by Gasteiger charge is 2.26. The van der Waals surface area contributed by atoms with Crippen molar-refractivity contribution in [3.8, 4) is 22.4 Å². The van der Waals surface area contributed by atoms with Crippen LogP contribution in [0.3, 0.4) is 0 Å². The van der Waals surface area contributed by atoms with Gasteiger partial charge in [-0.1, -0.05) is 78.3 Å². The normalized spacial score (nSPS) is 15.4. The van der Waals surface area contributed by atoms with Gasteiger partial charge in [0, 0.05) is 41.9 Å². The summed E-state index contributed by atoms with van der Waals surface area (Å²) in [6, 6.07) is 27.7. The monoisotopic (exact) mass is 599 g/mol. The Bertz CT molecular complexity index is 1640. The summed E-state index contributed by atoms with van der Waals surface area (Å²) in [5.41, 5.74) is 5.13. The lowest BCUT2D eigenvalue weighted by Crippen LogP contribution is -2.42. The lowest BCUT2D eigenvalue weighted by Gasteiger charge is -2.33. The molecule has 3 aromatic carbocycles. The quantitative estimate of drug-likeness (QED) is 0.220. The average molecular weight is 601 g/mol. The van der Waals surface area contributed by atoms with Crippen LogP contribution in [-0.4, -0.2) is 45.0 Å². The van der Waals surface area contributed by atoms with Crippen molar-refractivity contribution in [3.63, 3.8) is 0 Å². The van der Waals surface area contributed by atoms with Gasteiger partial charge in [-0.3, -0.25) is 4.79 Å². The summed E-state index contributed by atoms with van der Waals surface area (Å²) in [5.74, 6) is 1.22. The second-order valence-corrected chi connectivity index (χ2v) is 11.0. The van der Waals surface area contributed by atoms with Crippen LogP contribution in [0.15, 0.2) is 95.6 Å². The number of likely N-dealkylation sites (tertiary alicyclic amines) is 1. The molecule has 0 bridgehead atoms. The van der Waals surface area contributed by atoms with Crippen LogP contribution in [-0.2, 0) is 0 Å². The van der Waals surface area contributed by atoms with E-state index in [2.05, 4.69) is 38.5 Å². The van der Waals surface area contributed by atoms with Gasteiger partial charge in [0.2, 0.25) is 0 Å². The first-order chi connectivity index (χ1) is 19.1. The number of piperidine rings is 1. The first kappa shape index (κ1) is 25.6. The van der Waals surface area contributed by atoms with Crippen LogP contribution in [0.1, 0.15) is 23.2 Å². The molecule has 1 atom stereocenters. The standard InChI is InChI=1S/C31H27BrClN5O/c32-26-19-35-38-29(17-28(36-30(26)38)25-14-6-7-15-27(25)33)34-18-21-9-8-16-37(20-21)31(39)24-13-5-4-12-23(24)22-10-2-1-3-11-22/h1-7,10-15,17,19,21,34H,8-9,16,18,20H2. The predicted molar refractivity (Wildman–Crippen MR) is 160 cm³/mol. The van der Waals surface area contributed by atoms with Gasteiger partial charge in [-0.05, 0) is 57.9 Å². The molecule has 6 nitrogen and oxygen atoms in total. The minimum absolute atomic E-state index is 0.0856. The van der Waals surface area contributed by atoms with Gasteiger partial charge in [-0.25, -0.2) is 4.98 Å². The molecular formula is C31H27BrClN5O. The number of halogens is 2. The van der Waals surface area contributed by atoms with Gasteiger partial charge in [-0.2, -0.15) is 9.61 Å². The molecule has 2 aromatic heterocycles. The molecule has 1 aliphatic rings. The maximum absolute atomic E-state index is 13.7. The van der Waals surface area contributed by atoms with Gasteiger partial charge < -0.3 is 10.2 Å². The van der Waals surface area contributed by atoms with Gasteiger partial charge in [0.25, 0.3) is 5.91 Å². The molecule has 1 aliphatic heterocycles. The van der Waals surface area contributed by atoms with E-state index in [0.717, 1.165) is 57.6 Å². The Morgan fingerprint density at radius 3 is 2.56 bits per heavy atom. The zero-order valence-electron chi connectivity index (χ0n) is 21.2. The number of hydrogen-bond donors (Lipinski definition) is 1. The molecule has 1 N–H and O–H groups in total. The molecule has 8 heteroatoms. The number of aromatic nitrogens is 3. The molecule has 0 aliphatic carbocycles. The smallest absolute Gasteiger partial charge is 0.254 e. The van der Waals surface area contributed by atoms with Gasteiger partial charge in [-0.15, -0.1) is 0 Å². The molecule has 3 heterocycles. The summed E-state index contributed by atoms with van der Waals surface area (Å²) in [6.07, 6.45) is 3.76. The molecule has 39 heavy (non-hydrogen) atoms. The maximum atomic E-state index is 13.7.